The van der Waals surface area contributed by atoms with Crippen LogP contribution in [-0.2, 0) is 11.3 Å². The zero-order valence-electron chi connectivity index (χ0n) is 14.6. The van der Waals surface area contributed by atoms with E-state index in [-0.39, 0.29) is 12.5 Å². The number of benzene rings is 1. The van der Waals surface area contributed by atoms with Gasteiger partial charge in [-0.1, -0.05) is 18.2 Å². The molecule has 1 N–H and O–H groups in total. The second kappa shape index (κ2) is 7.70. The highest BCUT2D eigenvalue weighted by atomic mass is 16.5. The van der Waals surface area contributed by atoms with Gasteiger partial charge in [0.15, 0.2) is 0 Å². The van der Waals surface area contributed by atoms with Crippen LogP contribution in [0.2, 0.25) is 0 Å². The van der Waals surface area contributed by atoms with Gasteiger partial charge in [-0.3, -0.25) is 4.79 Å². The van der Waals surface area contributed by atoms with Crippen molar-refractivity contribution in [2.75, 3.05) is 19.7 Å². The summed E-state index contributed by atoms with van der Waals surface area (Å²) in [5.41, 5.74) is 0.0685. The van der Waals surface area contributed by atoms with Gasteiger partial charge in [0, 0.05) is 31.9 Å². The summed E-state index contributed by atoms with van der Waals surface area (Å²) < 4.78 is 7.75. The Morgan fingerprint density at radius 2 is 2.24 bits per heavy atom. The van der Waals surface area contributed by atoms with Crippen molar-refractivity contribution < 1.29 is 14.6 Å². The first-order valence-corrected chi connectivity index (χ1v) is 8.70. The Bertz CT molecular complexity index is 702. The molecule has 1 atom stereocenters. The number of β-amino-alcohol motifs (C(OH)–C–C–N with tert-alkyl or cyclic N) is 1. The predicted molar refractivity (Wildman–Crippen MR) is 94.3 cm³/mol. The number of ether oxygens (including phenoxy) is 1. The van der Waals surface area contributed by atoms with Gasteiger partial charge in [-0.25, -0.2) is 4.98 Å². The summed E-state index contributed by atoms with van der Waals surface area (Å²) >= 11 is 0. The molecular weight excluding hydrogens is 318 g/mol. The number of nitrogens with zero attached hydrogens (tertiary/aromatic N) is 3. The van der Waals surface area contributed by atoms with Crippen LogP contribution in [0.4, 0.5) is 0 Å². The second-order valence-corrected chi connectivity index (χ2v) is 6.75. The molecule has 25 heavy (non-hydrogen) atoms. The van der Waals surface area contributed by atoms with E-state index >= 15 is 0 Å². The van der Waals surface area contributed by atoms with Gasteiger partial charge in [0.05, 0.1) is 12.9 Å². The average Bonchev–Trinajstić information content (AvgIpc) is 3.24. The van der Waals surface area contributed by atoms with Gasteiger partial charge in [0.25, 0.3) is 0 Å². The lowest BCUT2D eigenvalue weighted by molar-refractivity contribution is -0.131. The second-order valence-electron chi connectivity index (χ2n) is 6.75. The summed E-state index contributed by atoms with van der Waals surface area (Å²) in [6.45, 7) is 3.88. The number of amides is 1. The lowest BCUT2D eigenvalue weighted by Gasteiger charge is -2.24. The fourth-order valence-electron chi connectivity index (χ4n) is 3.11. The Hall–Kier alpha value is -2.34. The van der Waals surface area contributed by atoms with Crippen molar-refractivity contribution in [2.45, 2.75) is 38.3 Å². The molecule has 1 fully saturated rings. The van der Waals surface area contributed by atoms with Gasteiger partial charge in [-0.05, 0) is 31.4 Å². The summed E-state index contributed by atoms with van der Waals surface area (Å²) in [4.78, 5) is 18.1. The molecule has 0 bridgehead atoms. The summed E-state index contributed by atoms with van der Waals surface area (Å²) in [7, 11) is 0. The third-order valence-electron chi connectivity index (χ3n) is 4.64. The molecule has 0 radical (unpaired) electrons. The van der Waals surface area contributed by atoms with E-state index in [0.29, 0.717) is 25.9 Å². The smallest absolute Gasteiger partial charge is 0.222 e. The molecule has 1 aromatic carbocycles. The summed E-state index contributed by atoms with van der Waals surface area (Å²) in [5.74, 6) is 0.868. The van der Waals surface area contributed by atoms with Gasteiger partial charge in [0.2, 0.25) is 5.91 Å². The number of carbonyl (C=O) groups is 1. The van der Waals surface area contributed by atoms with Crippen molar-refractivity contribution in [3.63, 3.8) is 0 Å². The fourth-order valence-corrected chi connectivity index (χ4v) is 3.11. The highest BCUT2D eigenvalue weighted by Crippen LogP contribution is 2.25. The number of aryl methyl sites for hydroxylation is 2. The number of para-hydroxylation sites is 1. The Morgan fingerprint density at radius 1 is 1.40 bits per heavy atom. The normalized spacial score (nSPS) is 20.0. The third kappa shape index (κ3) is 4.60. The van der Waals surface area contributed by atoms with E-state index in [1.165, 1.54) is 0 Å². The first kappa shape index (κ1) is 17.5. The number of rotatable bonds is 7. The first-order chi connectivity index (χ1) is 12.1. The number of aromatic nitrogens is 2. The minimum atomic E-state index is -0.970. The van der Waals surface area contributed by atoms with E-state index < -0.39 is 5.60 Å². The van der Waals surface area contributed by atoms with Crippen molar-refractivity contribution in [1.29, 1.82) is 0 Å². The Balaban J connectivity index is 1.45. The van der Waals surface area contributed by atoms with E-state index in [2.05, 4.69) is 4.98 Å². The van der Waals surface area contributed by atoms with Crippen LogP contribution in [0.3, 0.4) is 0 Å². The van der Waals surface area contributed by atoms with Crippen LogP contribution in [0.1, 0.15) is 24.8 Å². The lowest BCUT2D eigenvalue weighted by atomic mass is 10.1. The molecule has 134 valence electrons. The van der Waals surface area contributed by atoms with Gasteiger partial charge in [-0.15, -0.1) is 0 Å². The first-order valence-electron chi connectivity index (χ1n) is 8.70. The zero-order chi connectivity index (χ0) is 17.7. The molecule has 1 saturated heterocycles. The van der Waals surface area contributed by atoms with E-state index in [1.807, 2.05) is 42.0 Å². The Labute approximate surface area is 148 Å². The highest BCUT2D eigenvalue weighted by Gasteiger charge is 2.38. The highest BCUT2D eigenvalue weighted by molar-refractivity contribution is 5.76. The van der Waals surface area contributed by atoms with Crippen molar-refractivity contribution in [3.05, 3.63) is 48.5 Å². The Kier molecular flexibility index (Phi) is 5.38. The summed E-state index contributed by atoms with van der Waals surface area (Å²) in [6.07, 6.45) is 7.17. The topological polar surface area (TPSA) is 67.6 Å². The van der Waals surface area contributed by atoms with Crippen LogP contribution in [0.5, 0.6) is 5.75 Å². The van der Waals surface area contributed by atoms with Crippen LogP contribution >= 0.6 is 0 Å². The lowest BCUT2D eigenvalue weighted by Crippen LogP contribution is -2.40. The molecule has 1 aliphatic rings. The minimum absolute atomic E-state index is 0.0898. The van der Waals surface area contributed by atoms with E-state index in [1.54, 1.807) is 17.4 Å². The van der Waals surface area contributed by atoms with Crippen molar-refractivity contribution in [2.24, 2.45) is 0 Å². The van der Waals surface area contributed by atoms with Crippen LogP contribution in [0.15, 0.2) is 43.0 Å². The number of likely N-dealkylation sites (tertiary alicyclic amines) is 1. The van der Waals surface area contributed by atoms with Gasteiger partial charge < -0.3 is 19.3 Å². The van der Waals surface area contributed by atoms with Crippen molar-refractivity contribution in [1.82, 2.24) is 14.5 Å². The van der Waals surface area contributed by atoms with E-state index in [4.69, 9.17) is 4.74 Å². The predicted octanol–water partition coefficient (Wildman–Crippen LogP) is 2.01. The van der Waals surface area contributed by atoms with Gasteiger partial charge in [-0.2, -0.15) is 0 Å². The van der Waals surface area contributed by atoms with Crippen LogP contribution < -0.4 is 4.74 Å². The van der Waals surface area contributed by atoms with Crippen LogP contribution in [-0.4, -0.2) is 50.8 Å². The summed E-state index contributed by atoms with van der Waals surface area (Å²) in [6, 6.07) is 7.74. The molecule has 2 heterocycles. The molecule has 1 amide bonds. The maximum atomic E-state index is 12.3. The van der Waals surface area contributed by atoms with E-state index in [9.17, 15) is 9.90 Å². The van der Waals surface area contributed by atoms with Crippen LogP contribution in [0, 0.1) is 6.92 Å². The molecule has 1 aromatic heterocycles. The monoisotopic (exact) mass is 343 g/mol. The molecule has 3 rings (SSSR count). The maximum absolute atomic E-state index is 12.3. The Morgan fingerprint density at radius 3 is 3.00 bits per heavy atom. The number of carbonyl (C=O) groups excluding carboxylic acids is 1. The molecule has 0 saturated carbocycles. The zero-order valence-corrected chi connectivity index (χ0v) is 14.6. The molecule has 6 nitrogen and oxygen atoms in total. The largest absolute Gasteiger partial charge is 0.490 e. The number of hydrogen-bond acceptors (Lipinski definition) is 4. The quantitative estimate of drug-likeness (QED) is 0.835. The average molecular weight is 343 g/mol. The number of aliphatic hydroxyl groups is 1. The molecule has 0 unspecified atom stereocenters. The molecule has 0 aliphatic carbocycles. The standard InChI is InChI=1S/C19H25N3O3/c1-16-5-2-3-6-17(16)25-14-19(24)8-11-22(13-19)18(23)7-4-10-21-12-9-20-15-21/h2-3,5-6,9,12,15,24H,4,7-8,10-11,13-14H2,1H3/t19-/m1/s1. The molecular formula is C19H25N3O3. The van der Waals surface area contributed by atoms with Gasteiger partial charge in [0.1, 0.15) is 18.0 Å². The SMILES string of the molecule is Cc1ccccc1OC[C@@]1(O)CCN(C(=O)CCCn2ccnc2)C1. The molecule has 1 aliphatic heterocycles. The molecule has 0 spiro atoms. The van der Waals surface area contributed by atoms with Crippen molar-refractivity contribution in [3.8, 4) is 5.75 Å². The van der Waals surface area contributed by atoms with Crippen LogP contribution in [0.25, 0.3) is 0 Å². The summed E-state index contributed by atoms with van der Waals surface area (Å²) in [5, 5.41) is 10.7. The van der Waals surface area contributed by atoms with E-state index in [0.717, 1.165) is 24.3 Å². The fraction of sp³-hybridized carbons (Fsp3) is 0.474. The molecule has 6 heteroatoms. The number of imidazole rings is 1. The maximum Gasteiger partial charge on any atom is 0.222 e. The van der Waals surface area contributed by atoms with Gasteiger partial charge >= 0.3 is 0 Å². The third-order valence-corrected chi connectivity index (χ3v) is 4.64. The number of hydrogen-bond donors (Lipinski definition) is 1. The molecule has 2 aromatic rings. The van der Waals surface area contributed by atoms with Crippen molar-refractivity contribution >= 4 is 5.91 Å². The minimum Gasteiger partial charge on any atom is -0.490 e.